The third kappa shape index (κ3) is 3.58. The molecule has 1 aromatic rings. The largest absolute Gasteiger partial charge is 0.385 e. The van der Waals surface area contributed by atoms with Crippen LogP contribution >= 0.6 is 0 Å². The molecule has 0 spiro atoms. The fourth-order valence-electron chi connectivity index (χ4n) is 3.75. The van der Waals surface area contributed by atoms with Crippen LogP contribution in [0.25, 0.3) is 0 Å². The molecule has 1 aromatic heterocycles. The summed E-state index contributed by atoms with van der Waals surface area (Å²) in [7, 11) is 1.76. The Hall–Kier alpha value is -1.07. The lowest BCUT2D eigenvalue weighted by Crippen LogP contribution is -2.41. The van der Waals surface area contributed by atoms with E-state index in [0.29, 0.717) is 0 Å². The number of rotatable bonds is 6. The zero-order valence-corrected chi connectivity index (χ0v) is 13.1. The maximum Gasteiger partial charge on any atom is 0.205 e. The molecule has 3 rings (SSSR count). The lowest BCUT2D eigenvalue weighted by molar-refractivity contribution is 0.190. The van der Waals surface area contributed by atoms with Crippen LogP contribution in [-0.2, 0) is 11.3 Å². The quantitative estimate of drug-likeness (QED) is 0.813. The molecule has 5 nitrogen and oxygen atoms in total. The number of imidazole rings is 1. The lowest BCUT2D eigenvalue weighted by Gasteiger charge is -2.35. The van der Waals surface area contributed by atoms with Crippen LogP contribution in [-0.4, -0.2) is 48.9 Å². The first-order valence-corrected chi connectivity index (χ1v) is 8.37. The first-order valence-electron chi connectivity index (χ1n) is 8.37. The minimum absolute atomic E-state index is 0.772. The van der Waals surface area contributed by atoms with Crippen molar-refractivity contribution in [2.45, 2.75) is 44.7 Å². The van der Waals surface area contributed by atoms with Gasteiger partial charge in [0.05, 0.1) is 0 Å². The highest BCUT2D eigenvalue weighted by Gasteiger charge is 2.29. The number of ether oxygens (including phenoxy) is 1. The normalized spacial score (nSPS) is 23.9. The van der Waals surface area contributed by atoms with Gasteiger partial charge in [0.15, 0.2) is 0 Å². The van der Waals surface area contributed by atoms with Crippen molar-refractivity contribution in [3.8, 4) is 0 Å². The summed E-state index contributed by atoms with van der Waals surface area (Å²) in [6.07, 6.45) is 10.4. The molecular weight excluding hydrogens is 264 g/mol. The SMILES string of the molecule is COCCCn1ccnc1N1CCC(C2CCCN2)CC1. The summed E-state index contributed by atoms with van der Waals surface area (Å²) in [6.45, 7) is 5.31. The van der Waals surface area contributed by atoms with Crippen molar-refractivity contribution < 1.29 is 4.74 Å². The molecule has 0 bridgehead atoms. The van der Waals surface area contributed by atoms with Gasteiger partial charge >= 0.3 is 0 Å². The van der Waals surface area contributed by atoms with Crippen molar-refractivity contribution in [1.82, 2.24) is 14.9 Å². The second-order valence-electron chi connectivity index (χ2n) is 6.29. The van der Waals surface area contributed by atoms with E-state index in [1.165, 1.54) is 32.2 Å². The number of hydrogen-bond donors (Lipinski definition) is 1. The Bertz CT molecular complexity index is 420. The Morgan fingerprint density at radius 1 is 1.33 bits per heavy atom. The topological polar surface area (TPSA) is 42.3 Å². The summed E-state index contributed by atoms with van der Waals surface area (Å²) in [5.74, 6) is 2.00. The van der Waals surface area contributed by atoms with Crippen LogP contribution in [0.3, 0.4) is 0 Å². The fourth-order valence-corrected chi connectivity index (χ4v) is 3.75. The highest BCUT2D eigenvalue weighted by molar-refractivity contribution is 5.32. The Morgan fingerprint density at radius 3 is 2.90 bits per heavy atom. The van der Waals surface area contributed by atoms with Gasteiger partial charge in [-0.3, -0.25) is 0 Å². The van der Waals surface area contributed by atoms with E-state index >= 15 is 0 Å². The molecule has 2 fully saturated rings. The lowest BCUT2D eigenvalue weighted by atomic mass is 9.89. The van der Waals surface area contributed by atoms with E-state index in [0.717, 1.165) is 50.6 Å². The van der Waals surface area contributed by atoms with Gasteiger partial charge in [-0.05, 0) is 44.6 Å². The Labute approximate surface area is 127 Å². The van der Waals surface area contributed by atoms with Crippen LogP contribution in [0.4, 0.5) is 5.95 Å². The zero-order valence-electron chi connectivity index (χ0n) is 13.1. The van der Waals surface area contributed by atoms with E-state index in [9.17, 15) is 0 Å². The predicted octanol–water partition coefficient (Wildman–Crippen LogP) is 1.89. The number of nitrogens with one attached hydrogen (secondary N) is 1. The minimum atomic E-state index is 0.772. The molecule has 0 aliphatic carbocycles. The molecule has 2 aliphatic heterocycles. The Balaban J connectivity index is 1.53. The Morgan fingerprint density at radius 2 is 2.19 bits per heavy atom. The van der Waals surface area contributed by atoms with Gasteiger partial charge in [-0.1, -0.05) is 0 Å². The van der Waals surface area contributed by atoms with Crippen molar-refractivity contribution in [2.24, 2.45) is 5.92 Å². The standard InChI is InChI=1S/C16H28N4O/c1-21-13-3-9-19-12-8-18-16(19)20-10-5-14(6-11-20)15-4-2-7-17-15/h8,12,14-15,17H,2-7,9-11,13H2,1H3. The molecule has 2 aliphatic rings. The molecule has 0 radical (unpaired) electrons. The molecule has 21 heavy (non-hydrogen) atoms. The van der Waals surface area contributed by atoms with E-state index in [1.54, 1.807) is 7.11 Å². The van der Waals surface area contributed by atoms with Crippen LogP contribution in [0.5, 0.6) is 0 Å². The van der Waals surface area contributed by atoms with E-state index in [4.69, 9.17) is 4.74 Å². The van der Waals surface area contributed by atoms with Crippen LogP contribution in [0, 0.1) is 5.92 Å². The molecule has 0 amide bonds. The molecule has 118 valence electrons. The molecule has 1 atom stereocenters. The molecule has 0 aromatic carbocycles. The van der Waals surface area contributed by atoms with Crippen LogP contribution in [0.15, 0.2) is 12.4 Å². The van der Waals surface area contributed by atoms with E-state index in [1.807, 2.05) is 6.20 Å². The number of methoxy groups -OCH3 is 1. The molecule has 1 unspecified atom stereocenters. The number of anilines is 1. The van der Waals surface area contributed by atoms with Crippen molar-refractivity contribution >= 4 is 5.95 Å². The third-order valence-electron chi connectivity index (χ3n) is 4.93. The average Bonchev–Trinajstić information content (AvgIpc) is 3.19. The van der Waals surface area contributed by atoms with Gasteiger partial charge in [0, 0.05) is 51.8 Å². The van der Waals surface area contributed by atoms with Gasteiger partial charge in [0.1, 0.15) is 0 Å². The molecule has 2 saturated heterocycles. The fraction of sp³-hybridized carbons (Fsp3) is 0.812. The first-order chi connectivity index (χ1) is 10.4. The summed E-state index contributed by atoms with van der Waals surface area (Å²) >= 11 is 0. The molecule has 0 saturated carbocycles. The molecule has 5 heteroatoms. The zero-order chi connectivity index (χ0) is 14.5. The minimum Gasteiger partial charge on any atom is -0.385 e. The number of hydrogen-bond acceptors (Lipinski definition) is 4. The van der Waals surface area contributed by atoms with Gasteiger partial charge in [-0.25, -0.2) is 4.98 Å². The molecule has 1 N–H and O–H groups in total. The maximum absolute atomic E-state index is 5.14. The monoisotopic (exact) mass is 292 g/mol. The average molecular weight is 292 g/mol. The van der Waals surface area contributed by atoms with E-state index in [-0.39, 0.29) is 0 Å². The van der Waals surface area contributed by atoms with Crippen molar-refractivity contribution in [3.63, 3.8) is 0 Å². The summed E-state index contributed by atoms with van der Waals surface area (Å²) in [4.78, 5) is 7.03. The smallest absolute Gasteiger partial charge is 0.205 e. The van der Waals surface area contributed by atoms with E-state index in [2.05, 4.69) is 26.0 Å². The second kappa shape index (κ2) is 7.27. The number of piperidine rings is 1. The van der Waals surface area contributed by atoms with Gasteiger partial charge in [-0.15, -0.1) is 0 Å². The highest BCUT2D eigenvalue weighted by atomic mass is 16.5. The van der Waals surface area contributed by atoms with Gasteiger partial charge in [0.25, 0.3) is 0 Å². The molecule has 3 heterocycles. The number of aromatic nitrogens is 2. The first kappa shape index (κ1) is 14.9. The highest BCUT2D eigenvalue weighted by Crippen LogP contribution is 2.27. The third-order valence-corrected chi connectivity index (χ3v) is 4.93. The van der Waals surface area contributed by atoms with Crippen molar-refractivity contribution in [2.75, 3.05) is 38.3 Å². The van der Waals surface area contributed by atoms with Gasteiger partial charge in [-0.2, -0.15) is 0 Å². The van der Waals surface area contributed by atoms with Crippen LogP contribution in [0.1, 0.15) is 32.1 Å². The summed E-state index contributed by atoms with van der Waals surface area (Å²) < 4.78 is 7.41. The van der Waals surface area contributed by atoms with Crippen molar-refractivity contribution in [1.29, 1.82) is 0 Å². The molecular formula is C16H28N4O. The Kier molecular flexibility index (Phi) is 5.14. The maximum atomic E-state index is 5.14. The van der Waals surface area contributed by atoms with E-state index < -0.39 is 0 Å². The van der Waals surface area contributed by atoms with Crippen LogP contribution < -0.4 is 10.2 Å². The van der Waals surface area contributed by atoms with Crippen LogP contribution in [0.2, 0.25) is 0 Å². The number of aryl methyl sites for hydroxylation is 1. The summed E-state index contributed by atoms with van der Waals surface area (Å²) in [6, 6.07) is 0.772. The summed E-state index contributed by atoms with van der Waals surface area (Å²) in [5.41, 5.74) is 0. The summed E-state index contributed by atoms with van der Waals surface area (Å²) in [5, 5.41) is 3.67. The van der Waals surface area contributed by atoms with Gasteiger partial charge < -0.3 is 19.5 Å². The predicted molar refractivity (Wildman–Crippen MR) is 84.7 cm³/mol. The second-order valence-corrected chi connectivity index (χ2v) is 6.29. The van der Waals surface area contributed by atoms with Gasteiger partial charge in [0.2, 0.25) is 5.95 Å². The van der Waals surface area contributed by atoms with Crippen molar-refractivity contribution in [3.05, 3.63) is 12.4 Å². The number of nitrogens with zero attached hydrogens (tertiary/aromatic N) is 3.